The Balaban J connectivity index is 1.60. The zero-order valence-corrected chi connectivity index (χ0v) is 25.6. The van der Waals surface area contributed by atoms with Crippen LogP contribution in [0.15, 0.2) is 40.0 Å². The number of urea groups is 1. The minimum absolute atomic E-state index is 0.00248. The number of rotatable bonds is 6. The van der Waals surface area contributed by atoms with Crippen molar-refractivity contribution in [1.29, 1.82) is 0 Å². The molecule has 0 aliphatic carbocycles. The van der Waals surface area contributed by atoms with Gasteiger partial charge in [0.15, 0.2) is 22.5 Å². The van der Waals surface area contributed by atoms with Crippen LogP contribution in [0.1, 0.15) is 42.9 Å². The number of carbonyl (C=O) groups is 3. The van der Waals surface area contributed by atoms with Gasteiger partial charge in [0.05, 0.1) is 25.8 Å². The second-order valence-electron chi connectivity index (χ2n) is 11.6. The maximum absolute atomic E-state index is 14.8. The lowest BCUT2D eigenvalue weighted by molar-refractivity contribution is -0.150. The fraction of sp³-hybridized carbons (Fsp3) is 0.483. The van der Waals surface area contributed by atoms with Gasteiger partial charge in [-0.05, 0) is 44.9 Å². The lowest BCUT2D eigenvalue weighted by Crippen LogP contribution is -2.62. The van der Waals surface area contributed by atoms with Crippen molar-refractivity contribution in [3.05, 3.63) is 62.7 Å². The predicted molar refractivity (Wildman–Crippen MR) is 154 cm³/mol. The van der Waals surface area contributed by atoms with Gasteiger partial charge in [0.2, 0.25) is 0 Å². The zero-order chi connectivity index (χ0) is 31.2. The van der Waals surface area contributed by atoms with Crippen LogP contribution >= 0.6 is 11.3 Å². The maximum Gasteiger partial charge on any atom is 0.338 e. The molecule has 0 spiro atoms. The van der Waals surface area contributed by atoms with Gasteiger partial charge in [-0.3, -0.25) is 14.7 Å². The monoisotopic (exact) mass is 616 g/mol. The average molecular weight is 617 g/mol. The molecule has 230 valence electrons. The lowest BCUT2D eigenvalue weighted by Gasteiger charge is -2.43. The number of methoxy groups -OCH3 is 2. The molecule has 11 nitrogen and oxygen atoms in total. The smallest absolute Gasteiger partial charge is 0.338 e. The van der Waals surface area contributed by atoms with Crippen LogP contribution in [0, 0.1) is 18.6 Å². The van der Waals surface area contributed by atoms with Crippen LogP contribution in [0.4, 0.5) is 13.6 Å². The van der Waals surface area contributed by atoms with E-state index in [1.54, 1.807) is 21.4 Å². The van der Waals surface area contributed by atoms with E-state index >= 15 is 0 Å². The number of thiazole rings is 1. The van der Waals surface area contributed by atoms with Crippen molar-refractivity contribution in [2.24, 2.45) is 4.99 Å². The fourth-order valence-corrected chi connectivity index (χ4v) is 6.47. The van der Waals surface area contributed by atoms with E-state index in [9.17, 15) is 23.2 Å². The fourth-order valence-electron chi connectivity index (χ4n) is 5.89. The first-order chi connectivity index (χ1) is 20.4. The Morgan fingerprint density at radius 1 is 1.16 bits per heavy atom. The van der Waals surface area contributed by atoms with Gasteiger partial charge in [-0.1, -0.05) is 6.07 Å². The van der Waals surface area contributed by atoms with Gasteiger partial charge in [-0.15, -0.1) is 11.3 Å². The summed E-state index contributed by atoms with van der Waals surface area (Å²) in [6.45, 7) is 8.25. The Bertz CT molecular complexity index is 1510. The standard InChI is InChI=1S/C29H34F2N6O5S/c1-15-16(7-8-17(30)21(15)31)22-20(26(38)41-5)18(33-24(34-22)25-32-9-12-43-25)13-35-10-11-36-19(23(35)27(39)42-6)14-37(28(36)40)29(2,3)4/h7-9,12,19,22-23H,10-11,13-14H2,1-6H3,(H,33,34)/t19-,22-,23+/m0/s1. The van der Waals surface area contributed by atoms with Crippen molar-refractivity contribution in [2.45, 2.75) is 51.4 Å². The average Bonchev–Trinajstić information content (AvgIpc) is 3.63. The first kappa shape index (κ1) is 30.5. The molecule has 0 saturated carbocycles. The van der Waals surface area contributed by atoms with Gasteiger partial charge in [0, 0.05) is 49.0 Å². The molecule has 4 heterocycles. The number of halogens is 2. The molecular formula is C29H34F2N6O5S. The number of hydrogen-bond donors (Lipinski definition) is 1. The normalized spacial score (nSPS) is 22.7. The quantitative estimate of drug-likeness (QED) is 0.493. The molecule has 0 unspecified atom stereocenters. The summed E-state index contributed by atoms with van der Waals surface area (Å²) in [5.74, 6) is -2.96. The Morgan fingerprint density at radius 2 is 1.91 bits per heavy atom. The summed E-state index contributed by atoms with van der Waals surface area (Å²) in [7, 11) is 2.52. The number of ether oxygens (including phenoxy) is 2. The molecule has 0 radical (unpaired) electrons. The predicted octanol–water partition coefficient (Wildman–Crippen LogP) is 3.01. The highest BCUT2D eigenvalue weighted by Gasteiger charge is 2.52. The van der Waals surface area contributed by atoms with Crippen LogP contribution in [-0.4, -0.2) is 102 Å². The van der Waals surface area contributed by atoms with Crippen LogP contribution in [-0.2, 0) is 19.1 Å². The van der Waals surface area contributed by atoms with Crippen LogP contribution in [0.25, 0.3) is 0 Å². The molecule has 5 rings (SSSR count). The molecule has 2 saturated heterocycles. The molecule has 43 heavy (non-hydrogen) atoms. The number of aromatic nitrogens is 1. The van der Waals surface area contributed by atoms with Crippen molar-refractivity contribution < 1.29 is 32.6 Å². The Kier molecular flexibility index (Phi) is 8.27. The van der Waals surface area contributed by atoms with Gasteiger partial charge in [-0.25, -0.2) is 23.4 Å². The van der Waals surface area contributed by atoms with Gasteiger partial charge < -0.3 is 24.6 Å². The molecule has 3 aliphatic heterocycles. The first-order valence-electron chi connectivity index (χ1n) is 13.8. The molecule has 3 aliphatic rings. The summed E-state index contributed by atoms with van der Waals surface area (Å²) in [5.41, 5.74) is 0.272. The number of aliphatic imine (C=N–C) groups is 1. The number of fused-ring (bicyclic) bond motifs is 1. The molecule has 1 N–H and O–H groups in total. The number of nitrogens with one attached hydrogen (secondary N) is 1. The summed E-state index contributed by atoms with van der Waals surface area (Å²) in [6, 6.07) is -0.140. The second kappa shape index (κ2) is 11.6. The summed E-state index contributed by atoms with van der Waals surface area (Å²) in [5, 5.41) is 5.50. The summed E-state index contributed by atoms with van der Waals surface area (Å²) in [6.07, 6.45) is 1.60. The molecule has 2 amide bonds. The van der Waals surface area contributed by atoms with E-state index in [4.69, 9.17) is 14.5 Å². The van der Waals surface area contributed by atoms with Crippen molar-refractivity contribution in [1.82, 2.24) is 25.0 Å². The number of piperazine rings is 1. The third-order valence-corrected chi connectivity index (χ3v) is 8.87. The number of esters is 2. The molecule has 2 aromatic rings. The van der Waals surface area contributed by atoms with E-state index in [2.05, 4.69) is 10.3 Å². The topological polar surface area (TPSA) is 117 Å². The van der Waals surface area contributed by atoms with Crippen LogP contribution < -0.4 is 5.32 Å². The Hall–Kier alpha value is -3.91. The number of benzene rings is 1. The molecule has 1 aromatic carbocycles. The number of carbonyl (C=O) groups excluding carboxylic acids is 3. The van der Waals surface area contributed by atoms with Gasteiger partial charge in [-0.2, -0.15) is 0 Å². The maximum atomic E-state index is 14.8. The van der Waals surface area contributed by atoms with E-state index in [0.29, 0.717) is 36.2 Å². The SMILES string of the molecule is COC(=O)C1=C(CN2CCN3C(=O)N(C(C)(C)C)C[C@H]3[C@@H]2C(=O)OC)NC(c2nccs2)=N[C@H]1c1ccc(F)c(F)c1C. The molecule has 14 heteroatoms. The number of amidine groups is 1. The summed E-state index contributed by atoms with van der Waals surface area (Å²) >= 11 is 1.31. The highest BCUT2D eigenvalue weighted by Crippen LogP contribution is 2.37. The third-order valence-electron chi connectivity index (χ3n) is 8.09. The van der Waals surface area contributed by atoms with E-state index < -0.39 is 47.2 Å². The number of nitrogens with zero attached hydrogens (tertiary/aromatic N) is 5. The minimum Gasteiger partial charge on any atom is -0.468 e. The largest absolute Gasteiger partial charge is 0.468 e. The summed E-state index contributed by atoms with van der Waals surface area (Å²) in [4.78, 5) is 54.3. The van der Waals surface area contributed by atoms with Crippen LogP contribution in [0.3, 0.4) is 0 Å². The van der Waals surface area contributed by atoms with Crippen molar-refractivity contribution in [3.63, 3.8) is 0 Å². The van der Waals surface area contributed by atoms with Crippen molar-refractivity contribution >= 4 is 35.1 Å². The molecule has 3 atom stereocenters. The van der Waals surface area contributed by atoms with Gasteiger partial charge in [0.1, 0.15) is 12.1 Å². The van der Waals surface area contributed by atoms with Gasteiger partial charge >= 0.3 is 18.0 Å². The minimum atomic E-state index is -1.06. The first-order valence-corrected chi connectivity index (χ1v) is 14.7. The highest BCUT2D eigenvalue weighted by molar-refractivity contribution is 7.11. The lowest BCUT2D eigenvalue weighted by atomic mass is 9.91. The van der Waals surface area contributed by atoms with E-state index in [1.165, 1.54) is 38.5 Å². The second-order valence-corrected chi connectivity index (χ2v) is 12.5. The van der Waals surface area contributed by atoms with E-state index in [1.807, 2.05) is 25.7 Å². The number of amides is 2. The van der Waals surface area contributed by atoms with Crippen LogP contribution in [0.5, 0.6) is 0 Å². The van der Waals surface area contributed by atoms with Crippen LogP contribution in [0.2, 0.25) is 0 Å². The van der Waals surface area contributed by atoms with Crippen molar-refractivity contribution in [2.75, 3.05) is 40.4 Å². The van der Waals surface area contributed by atoms with Crippen molar-refractivity contribution in [3.8, 4) is 0 Å². The highest BCUT2D eigenvalue weighted by atomic mass is 32.1. The molecule has 2 fully saturated rings. The summed E-state index contributed by atoms with van der Waals surface area (Å²) < 4.78 is 39.2. The molecule has 0 bridgehead atoms. The van der Waals surface area contributed by atoms with E-state index in [-0.39, 0.29) is 29.3 Å². The third kappa shape index (κ3) is 5.49. The Morgan fingerprint density at radius 3 is 2.53 bits per heavy atom. The molecular weight excluding hydrogens is 582 g/mol. The molecule has 1 aromatic heterocycles. The number of hydrogen-bond acceptors (Lipinski definition) is 10. The van der Waals surface area contributed by atoms with Gasteiger partial charge in [0.25, 0.3) is 0 Å². The van der Waals surface area contributed by atoms with E-state index in [0.717, 1.165) is 6.07 Å². The zero-order valence-electron chi connectivity index (χ0n) is 24.8. The Labute approximate surface area is 252 Å².